The van der Waals surface area contributed by atoms with E-state index in [1.54, 1.807) is 41.0 Å². The summed E-state index contributed by atoms with van der Waals surface area (Å²) >= 11 is 0. The molecule has 6 nitrogen and oxygen atoms in total. The normalized spacial score (nSPS) is 16.2. The van der Waals surface area contributed by atoms with Crippen molar-refractivity contribution in [1.29, 1.82) is 0 Å². The summed E-state index contributed by atoms with van der Waals surface area (Å²) in [6.45, 7) is 1.71. The molecule has 1 saturated heterocycles. The second-order valence-electron chi connectivity index (χ2n) is 5.54. The Labute approximate surface area is 136 Å². The van der Waals surface area contributed by atoms with Crippen LogP contribution in [0.1, 0.15) is 24.8 Å². The molecular formula is C16H20N4O2S. The summed E-state index contributed by atoms with van der Waals surface area (Å²) in [5, 5.41) is 3.09. The third kappa shape index (κ3) is 3.86. The third-order valence-electron chi connectivity index (χ3n) is 3.87. The fourth-order valence-corrected chi connectivity index (χ4v) is 4.23. The van der Waals surface area contributed by atoms with Gasteiger partial charge in [-0.15, -0.1) is 0 Å². The van der Waals surface area contributed by atoms with Gasteiger partial charge in [0.05, 0.1) is 4.90 Å². The first-order chi connectivity index (χ1) is 11.2. The number of hydrogen-bond donors (Lipinski definition) is 1. The molecule has 7 heteroatoms. The minimum atomic E-state index is -3.39. The zero-order valence-corrected chi connectivity index (χ0v) is 13.7. The molecule has 1 fully saturated rings. The van der Waals surface area contributed by atoms with E-state index >= 15 is 0 Å². The van der Waals surface area contributed by atoms with Crippen LogP contribution in [0, 0.1) is 0 Å². The molecule has 0 spiro atoms. The average molecular weight is 332 g/mol. The van der Waals surface area contributed by atoms with Crippen LogP contribution in [0.15, 0.2) is 47.6 Å². The smallest absolute Gasteiger partial charge is 0.243 e. The second kappa shape index (κ2) is 7.06. The molecule has 2 heterocycles. The molecule has 2 aromatic rings. The molecule has 1 aromatic carbocycles. The monoisotopic (exact) mass is 332 g/mol. The molecule has 1 N–H and O–H groups in total. The molecule has 3 rings (SSSR count). The number of anilines is 1. The van der Waals surface area contributed by atoms with Crippen LogP contribution in [0.2, 0.25) is 0 Å². The molecule has 0 unspecified atom stereocenters. The highest BCUT2D eigenvalue weighted by Gasteiger charge is 2.25. The molecule has 0 saturated carbocycles. The first-order valence-electron chi connectivity index (χ1n) is 7.76. The maximum absolute atomic E-state index is 12.7. The topological polar surface area (TPSA) is 75.2 Å². The number of aromatic nitrogens is 2. The van der Waals surface area contributed by atoms with Gasteiger partial charge in [0.25, 0.3) is 0 Å². The Morgan fingerprint density at radius 1 is 1.04 bits per heavy atom. The van der Waals surface area contributed by atoms with Crippen molar-refractivity contribution < 1.29 is 8.42 Å². The molecule has 1 aliphatic heterocycles. The molecule has 122 valence electrons. The van der Waals surface area contributed by atoms with Gasteiger partial charge in [-0.2, -0.15) is 4.31 Å². The Balaban J connectivity index is 1.74. The van der Waals surface area contributed by atoms with E-state index in [0.717, 1.165) is 24.8 Å². The van der Waals surface area contributed by atoms with Crippen LogP contribution in [0.4, 0.5) is 5.95 Å². The van der Waals surface area contributed by atoms with Crippen LogP contribution in [-0.4, -0.2) is 35.8 Å². The van der Waals surface area contributed by atoms with Gasteiger partial charge in [-0.05, 0) is 36.6 Å². The highest BCUT2D eigenvalue weighted by molar-refractivity contribution is 7.89. The van der Waals surface area contributed by atoms with Gasteiger partial charge in [-0.3, -0.25) is 0 Å². The van der Waals surface area contributed by atoms with Crippen molar-refractivity contribution in [2.75, 3.05) is 18.4 Å². The number of benzene rings is 1. The predicted molar refractivity (Wildman–Crippen MR) is 88.4 cm³/mol. The molecule has 0 bridgehead atoms. The Morgan fingerprint density at radius 3 is 2.52 bits per heavy atom. The number of rotatable bonds is 5. The van der Waals surface area contributed by atoms with Crippen LogP contribution < -0.4 is 5.32 Å². The minimum absolute atomic E-state index is 0.354. The maximum atomic E-state index is 12.7. The fourth-order valence-electron chi connectivity index (χ4n) is 2.64. The lowest BCUT2D eigenvalue weighted by atomic mass is 10.2. The van der Waals surface area contributed by atoms with Gasteiger partial charge in [-0.1, -0.05) is 18.6 Å². The van der Waals surface area contributed by atoms with E-state index in [0.29, 0.717) is 30.5 Å². The van der Waals surface area contributed by atoms with Crippen LogP contribution in [-0.2, 0) is 16.6 Å². The Hall–Kier alpha value is -1.99. The summed E-state index contributed by atoms with van der Waals surface area (Å²) in [5.74, 6) is 0.525. The number of hydrogen-bond acceptors (Lipinski definition) is 5. The molecule has 23 heavy (non-hydrogen) atoms. The first-order valence-corrected chi connectivity index (χ1v) is 9.20. The molecule has 0 amide bonds. The van der Waals surface area contributed by atoms with E-state index in [4.69, 9.17) is 0 Å². The van der Waals surface area contributed by atoms with Crippen molar-refractivity contribution in [3.05, 3.63) is 48.3 Å². The summed E-state index contributed by atoms with van der Waals surface area (Å²) in [7, 11) is -3.39. The fraction of sp³-hybridized carbons (Fsp3) is 0.375. The van der Waals surface area contributed by atoms with Crippen molar-refractivity contribution >= 4 is 16.0 Å². The predicted octanol–water partition coefficient (Wildman–Crippen LogP) is 2.26. The highest BCUT2D eigenvalue weighted by atomic mass is 32.2. The van der Waals surface area contributed by atoms with E-state index in [2.05, 4.69) is 15.3 Å². The van der Waals surface area contributed by atoms with Crippen molar-refractivity contribution in [2.24, 2.45) is 0 Å². The van der Waals surface area contributed by atoms with E-state index < -0.39 is 10.0 Å². The van der Waals surface area contributed by atoms with Crippen molar-refractivity contribution in [3.8, 4) is 0 Å². The number of nitrogens with zero attached hydrogens (tertiary/aromatic N) is 3. The second-order valence-corrected chi connectivity index (χ2v) is 7.48. The van der Waals surface area contributed by atoms with Gasteiger partial charge in [0.15, 0.2) is 0 Å². The lowest BCUT2D eigenvalue weighted by Crippen LogP contribution is -2.35. The van der Waals surface area contributed by atoms with Crippen LogP contribution >= 0.6 is 0 Å². The summed E-state index contributed by atoms with van der Waals surface area (Å²) in [6.07, 6.45) is 6.30. The third-order valence-corrected chi connectivity index (χ3v) is 5.76. The SMILES string of the molecule is O=S(=O)(c1cccc(CNc2ncccn2)c1)N1CCCCC1. The van der Waals surface area contributed by atoms with E-state index in [1.165, 1.54) is 0 Å². The summed E-state index contributed by atoms with van der Waals surface area (Å²) in [5.41, 5.74) is 0.885. The number of sulfonamides is 1. The Morgan fingerprint density at radius 2 is 1.78 bits per heavy atom. The van der Waals surface area contributed by atoms with Crippen LogP contribution in [0.5, 0.6) is 0 Å². The van der Waals surface area contributed by atoms with Gasteiger partial charge >= 0.3 is 0 Å². The first kappa shape index (κ1) is 15.9. The van der Waals surface area contributed by atoms with Gasteiger partial charge in [0.1, 0.15) is 0 Å². The number of piperidine rings is 1. The molecule has 1 aliphatic rings. The molecule has 0 atom stereocenters. The molecular weight excluding hydrogens is 312 g/mol. The standard InChI is InChI=1S/C16H20N4O2S/c21-23(22,20-10-2-1-3-11-20)15-7-4-6-14(12-15)13-19-16-17-8-5-9-18-16/h4-9,12H,1-3,10-11,13H2,(H,17,18,19). The maximum Gasteiger partial charge on any atom is 0.243 e. The molecule has 1 aromatic heterocycles. The van der Waals surface area contributed by atoms with E-state index in [9.17, 15) is 8.42 Å². The largest absolute Gasteiger partial charge is 0.350 e. The lowest BCUT2D eigenvalue weighted by molar-refractivity contribution is 0.346. The minimum Gasteiger partial charge on any atom is -0.350 e. The van der Waals surface area contributed by atoms with Crippen molar-refractivity contribution in [2.45, 2.75) is 30.7 Å². The van der Waals surface area contributed by atoms with Gasteiger partial charge in [0.2, 0.25) is 16.0 Å². The molecule has 0 aliphatic carbocycles. The lowest BCUT2D eigenvalue weighted by Gasteiger charge is -2.26. The summed E-state index contributed by atoms with van der Waals surface area (Å²) in [6, 6.07) is 8.80. The highest BCUT2D eigenvalue weighted by Crippen LogP contribution is 2.21. The van der Waals surface area contributed by atoms with Crippen LogP contribution in [0.3, 0.4) is 0 Å². The zero-order valence-electron chi connectivity index (χ0n) is 12.9. The van der Waals surface area contributed by atoms with Crippen molar-refractivity contribution in [3.63, 3.8) is 0 Å². The average Bonchev–Trinajstić information content (AvgIpc) is 2.62. The van der Waals surface area contributed by atoms with Crippen molar-refractivity contribution in [1.82, 2.24) is 14.3 Å². The van der Waals surface area contributed by atoms with Crippen LogP contribution in [0.25, 0.3) is 0 Å². The molecule has 0 radical (unpaired) electrons. The summed E-state index contributed by atoms with van der Waals surface area (Å²) in [4.78, 5) is 8.53. The summed E-state index contributed by atoms with van der Waals surface area (Å²) < 4.78 is 27.0. The van der Waals surface area contributed by atoms with E-state index in [-0.39, 0.29) is 0 Å². The van der Waals surface area contributed by atoms with Gasteiger partial charge in [-0.25, -0.2) is 18.4 Å². The Kier molecular flexibility index (Phi) is 4.88. The van der Waals surface area contributed by atoms with Gasteiger partial charge < -0.3 is 5.32 Å². The zero-order chi connectivity index (χ0) is 16.1. The van der Waals surface area contributed by atoms with E-state index in [1.807, 2.05) is 6.07 Å². The Bertz CT molecular complexity index is 744. The quantitative estimate of drug-likeness (QED) is 0.909. The number of nitrogens with one attached hydrogen (secondary N) is 1. The van der Waals surface area contributed by atoms with Gasteiger partial charge in [0, 0.05) is 32.0 Å².